The summed E-state index contributed by atoms with van der Waals surface area (Å²) in [6.45, 7) is 3.90. The average molecular weight is 391 g/mol. The van der Waals surface area contributed by atoms with E-state index in [0.717, 1.165) is 5.56 Å². The van der Waals surface area contributed by atoms with Crippen molar-refractivity contribution in [1.82, 2.24) is 10.2 Å². The van der Waals surface area contributed by atoms with Crippen molar-refractivity contribution in [1.29, 1.82) is 0 Å². The van der Waals surface area contributed by atoms with Gasteiger partial charge in [-0.2, -0.15) is 0 Å². The lowest BCUT2D eigenvalue weighted by molar-refractivity contribution is -0.150. The van der Waals surface area contributed by atoms with E-state index in [1.807, 2.05) is 30.3 Å². The summed E-state index contributed by atoms with van der Waals surface area (Å²) >= 11 is 0. The van der Waals surface area contributed by atoms with Gasteiger partial charge in [0.1, 0.15) is 12.1 Å². The van der Waals surface area contributed by atoms with Crippen molar-refractivity contribution in [2.45, 2.75) is 57.3 Å². The minimum absolute atomic E-state index is 0.199. The summed E-state index contributed by atoms with van der Waals surface area (Å²) in [5, 5.41) is 12.3. The molecule has 1 aliphatic heterocycles. The van der Waals surface area contributed by atoms with E-state index < -0.39 is 36.1 Å². The molecule has 0 aliphatic carbocycles. The molecule has 0 saturated carbocycles. The maximum atomic E-state index is 12.8. The lowest BCUT2D eigenvalue weighted by Gasteiger charge is -2.30. The molecule has 1 aromatic rings. The molecule has 8 nitrogen and oxygen atoms in total. The first-order valence-corrected chi connectivity index (χ1v) is 9.60. The first-order chi connectivity index (χ1) is 13.3. The molecular weight excluding hydrogens is 362 g/mol. The number of benzene rings is 1. The molecular formula is C20H29N3O5. The van der Waals surface area contributed by atoms with Gasteiger partial charge in [-0.25, -0.2) is 4.79 Å². The number of aliphatic carboxylic acids is 1. The van der Waals surface area contributed by atoms with E-state index in [-0.39, 0.29) is 12.5 Å². The van der Waals surface area contributed by atoms with Crippen molar-refractivity contribution in [2.75, 3.05) is 13.2 Å². The van der Waals surface area contributed by atoms with Gasteiger partial charge in [0, 0.05) is 12.6 Å². The zero-order chi connectivity index (χ0) is 20.7. The minimum Gasteiger partial charge on any atom is -0.480 e. The van der Waals surface area contributed by atoms with E-state index in [9.17, 15) is 19.5 Å². The molecule has 2 unspecified atom stereocenters. The van der Waals surface area contributed by atoms with Gasteiger partial charge in [0.15, 0.2) is 0 Å². The molecule has 2 rings (SSSR count). The van der Waals surface area contributed by atoms with Crippen LogP contribution in [0, 0.1) is 0 Å². The maximum Gasteiger partial charge on any atom is 0.326 e. The summed E-state index contributed by atoms with van der Waals surface area (Å²) in [7, 11) is 0. The van der Waals surface area contributed by atoms with Crippen LogP contribution in [-0.4, -0.2) is 65.2 Å². The van der Waals surface area contributed by atoms with Gasteiger partial charge in [-0.05, 0) is 38.7 Å². The molecule has 1 aliphatic rings. The second kappa shape index (κ2) is 10.2. The Kier molecular flexibility index (Phi) is 7.95. The number of hydrogen-bond donors (Lipinski definition) is 3. The highest BCUT2D eigenvalue weighted by molar-refractivity contribution is 5.88. The van der Waals surface area contributed by atoms with E-state index in [2.05, 4.69) is 5.32 Å². The molecule has 0 radical (unpaired) electrons. The maximum absolute atomic E-state index is 12.8. The average Bonchev–Trinajstić information content (AvgIpc) is 3.16. The molecule has 0 aromatic heterocycles. The van der Waals surface area contributed by atoms with Crippen LogP contribution < -0.4 is 11.1 Å². The fourth-order valence-corrected chi connectivity index (χ4v) is 3.48. The number of nitrogens with two attached hydrogens (primary N) is 1. The van der Waals surface area contributed by atoms with Gasteiger partial charge in [0.2, 0.25) is 5.91 Å². The lowest BCUT2D eigenvalue weighted by atomic mass is 9.99. The number of esters is 1. The Bertz CT molecular complexity index is 682. The number of hydrogen-bond acceptors (Lipinski definition) is 6. The molecule has 1 amide bonds. The van der Waals surface area contributed by atoms with Crippen LogP contribution in [0.3, 0.4) is 0 Å². The number of likely N-dealkylation sites (tertiary alicyclic amines) is 1. The normalized spacial score (nSPS) is 19.7. The molecule has 154 valence electrons. The predicted octanol–water partition coefficient (Wildman–Crippen LogP) is 0.542. The van der Waals surface area contributed by atoms with E-state index in [1.54, 1.807) is 13.8 Å². The smallest absolute Gasteiger partial charge is 0.326 e. The van der Waals surface area contributed by atoms with Crippen LogP contribution >= 0.6 is 0 Å². The second-order valence-corrected chi connectivity index (χ2v) is 7.00. The first kappa shape index (κ1) is 21.8. The fraction of sp³-hybridized carbons (Fsp3) is 0.550. The standard InChI is InChI=1S/C20H29N3O5/c1-3-28-20(27)17(15(21)12-14-8-5-4-6-9-14)22-13(2)18(24)23-11-7-10-16(23)19(25)26/h4-6,8-9,13,15-17,22H,3,7,10-12,21H2,1-2H3,(H,25,26)/t13?,15-,16-,17?/m0/s1. The van der Waals surface area contributed by atoms with Crippen LogP contribution in [0.15, 0.2) is 30.3 Å². The van der Waals surface area contributed by atoms with E-state index in [1.165, 1.54) is 4.90 Å². The summed E-state index contributed by atoms with van der Waals surface area (Å²) in [4.78, 5) is 37.9. The molecule has 4 atom stereocenters. The molecule has 1 heterocycles. The van der Waals surface area contributed by atoms with Crippen LogP contribution in [0.5, 0.6) is 0 Å². The van der Waals surface area contributed by atoms with Gasteiger partial charge in [-0.3, -0.25) is 14.9 Å². The van der Waals surface area contributed by atoms with Gasteiger partial charge in [0.05, 0.1) is 12.6 Å². The highest BCUT2D eigenvalue weighted by Gasteiger charge is 2.38. The van der Waals surface area contributed by atoms with E-state index in [0.29, 0.717) is 25.8 Å². The molecule has 1 fully saturated rings. The third-order valence-electron chi connectivity index (χ3n) is 4.90. The van der Waals surface area contributed by atoms with Crippen LogP contribution in [0.1, 0.15) is 32.3 Å². The Hall–Kier alpha value is -2.45. The number of rotatable bonds is 9. The van der Waals surface area contributed by atoms with Crippen molar-refractivity contribution in [3.05, 3.63) is 35.9 Å². The summed E-state index contributed by atoms with van der Waals surface area (Å²) in [6, 6.07) is 6.42. The topological polar surface area (TPSA) is 122 Å². The molecule has 28 heavy (non-hydrogen) atoms. The SMILES string of the molecule is CCOC(=O)C(NC(C)C(=O)N1CCC[C@H]1C(=O)O)[C@@H](N)Cc1ccccc1. The third-order valence-corrected chi connectivity index (χ3v) is 4.90. The van der Waals surface area contributed by atoms with Crippen LogP contribution in [0.2, 0.25) is 0 Å². The van der Waals surface area contributed by atoms with Crippen LogP contribution in [-0.2, 0) is 25.5 Å². The number of nitrogens with zero attached hydrogens (tertiary/aromatic N) is 1. The first-order valence-electron chi connectivity index (χ1n) is 9.60. The molecule has 4 N–H and O–H groups in total. The third kappa shape index (κ3) is 5.53. The number of carbonyl (C=O) groups is 3. The highest BCUT2D eigenvalue weighted by Crippen LogP contribution is 2.19. The Morgan fingerprint density at radius 1 is 1.32 bits per heavy atom. The zero-order valence-electron chi connectivity index (χ0n) is 16.3. The second-order valence-electron chi connectivity index (χ2n) is 7.00. The van der Waals surface area contributed by atoms with Crippen molar-refractivity contribution < 1.29 is 24.2 Å². The Labute approximate surface area is 165 Å². The zero-order valence-corrected chi connectivity index (χ0v) is 16.3. The number of nitrogens with one attached hydrogen (secondary N) is 1. The summed E-state index contributed by atoms with van der Waals surface area (Å²) in [6.07, 6.45) is 1.51. The Morgan fingerprint density at radius 3 is 2.61 bits per heavy atom. The molecule has 1 saturated heterocycles. The van der Waals surface area contributed by atoms with Crippen molar-refractivity contribution >= 4 is 17.8 Å². The van der Waals surface area contributed by atoms with Crippen LogP contribution in [0.4, 0.5) is 0 Å². The van der Waals surface area contributed by atoms with Gasteiger partial charge in [-0.1, -0.05) is 30.3 Å². The number of carboxylic acids is 1. The van der Waals surface area contributed by atoms with Crippen LogP contribution in [0.25, 0.3) is 0 Å². The summed E-state index contributed by atoms with van der Waals surface area (Å²) in [5.74, 6) is -1.89. The molecule has 0 spiro atoms. The van der Waals surface area contributed by atoms with E-state index >= 15 is 0 Å². The number of amides is 1. The fourth-order valence-electron chi connectivity index (χ4n) is 3.48. The summed E-state index contributed by atoms with van der Waals surface area (Å²) in [5.41, 5.74) is 7.24. The number of carboxylic acid groups (broad SMARTS) is 1. The monoisotopic (exact) mass is 391 g/mol. The quantitative estimate of drug-likeness (QED) is 0.525. The highest BCUT2D eigenvalue weighted by atomic mass is 16.5. The largest absolute Gasteiger partial charge is 0.480 e. The Balaban J connectivity index is 2.09. The predicted molar refractivity (Wildman–Crippen MR) is 104 cm³/mol. The van der Waals surface area contributed by atoms with Crippen molar-refractivity contribution in [3.63, 3.8) is 0 Å². The number of ether oxygens (including phenoxy) is 1. The molecule has 0 bridgehead atoms. The minimum atomic E-state index is -1.01. The van der Waals surface area contributed by atoms with E-state index in [4.69, 9.17) is 10.5 Å². The van der Waals surface area contributed by atoms with Crippen molar-refractivity contribution in [3.8, 4) is 0 Å². The van der Waals surface area contributed by atoms with Gasteiger partial charge in [0.25, 0.3) is 0 Å². The number of carbonyl (C=O) groups excluding carboxylic acids is 2. The summed E-state index contributed by atoms with van der Waals surface area (Å²) < 4.78 is 5.13. The van der Waals surface area contributed by atoms with Gasteiger partial charge >= 0.3 is 11.9 Å². The molecule has 8 heteroatoms. The van der Waals surface area contributed by atoms with Gasteiger partial charge < -0.3 is 20.5 Å². The van der Waals surface area contributed by atoms with Crippen molar-refractivity contribution in [2.24, 2.45) is 5.73 Å². The van der Waals surface area contributed by atoms with Gasteiger partial charge in [-0.15, -0.1) is 0 Å². The lowest BCUT2D eigenvalue weighted by Crippen LogP contribution is -2.58. The Morgan fingerprint density at radius 2 is 2.00 bits per heavy atom. The molecule has 1 aromatic carbocycles.